The smallest absolute Gasteiger partial charge is 0.200 e. The number of benzene rings is 1. The third-order valence-electron chi connectivity index (χ3n) is 9.32. The zero-order valence-electron chi connectivity index (χ0n) is 24.3. The van der Waals surface area contributed by atoms with Gasteiger partial charge in [-0.2, -0.15) is 0 Å². The van der Waals surface area contributed by atoms with Crippen LogP contribution in [-0.2, 0) is 16.0 Å². The minimum Gasteiger partial charge on any atom is -0.506 e. The fourth-order valence-corrected chi connectivity index (χ4v) is 7.44. The molecular formula is C33H38O7. The van der Waals surface area contributed by atoms with E-state index < -0.39 is 28.3 Å². The fourth-order valence-electron chi connectivity index (χ4n) is 7.44. The third kappa shape index (κ3) is 3.37. The van der Waals surface area contributed by atoms with Crippen molar-refractivity contribution in [2.24, 2.45) is 11.8 Å². The standard InChI is InChI=1S/C33H38O7/c1-17(2)8-9-21-27-20(11-12-30(4,5)38-27)25(35)24-26(36)22-14-19-15-23-31(6,7)40-32(29(19)37,13-10-18(3)16-34)33(22,23)39-28(21)24/h8,10-12,14,19,23,34-35H,9,13,15-16H2,1-7H3. The quantitative estimate of drug-likeness (QED) is 0.476. The molecule has 7 heteroatoms. The van der Waals surface area contributed by atoms with Crippen molar-refractivity contribution >= 4 is 17.6 Å². The molecule has 1 saturated carbocycles. The van der Waals surface area contributed by atoms with Crippen molar-refractivity contribution in [1.29, 1.82) is 0 Å². The molecule has 7 rings (SSSR count). The molecule has 3 aliphatic carbocycles. The second-order valence-corrected chi connectivity index (χ2v) is 13.2. The lowest BCUT2D eigenvalue weighted by molar-refractivity contribution is -0.171. The molecular weight excluding hydrogens is 508 g/mol. The molecule has 1 saturated heterocycles. The van der Waals surface area contributed by atoms with E-state index in [0.29, 0.717) is 40.9 Å². The number of carbonyl (C=O) groups is 2. The summed E-state index contributed by atoms with van der Waals surface area (Å²) in [7, 11) is 0. The van der Waals surface area contributed by atoms with Crippen molar-refractivity contribution in [2.45, 2.75) is 90.1 Å². The lowest BCUT2D eigenvalue weighted by Gasteiger charge is -2.56. The molecule has 4 unspecified atom stereocenters. The Hall–Kier alpha value is -3.16. The summed E-state index contributed by atoms with van der Waals surface area (Å²) in [5.74, 6) is -0.661. The number of rotatable bonds is 5. The van der Waals surface area contributed by atoms with Crippen LogP contribution in [0.1, 0.15) is 82.8 Å². The van der Waals surface area contributed by atoms with E-state index in [1.807, 2.05) is 65.8 Å². The summed E-state index contributed by atoms with van der Waals surface area (Å²) in [4.78, 5) is 28.7. The number of phenolic OH excluding ortho intramolecular Hbond substituents is 1. The highest BCUT2D eigenvalue weighted by molar-refractivity contribution is 6.19. The van der Waals surface area contributed by atoms with E-state index in [1.165, 1.54) is 0 Å². The van der Waals surface area contributed by atoms with Crippen molar-refractivity contribution in [3.8, 4) is 17.2 Å². The minimum atomic E-state index is -1.45. The first-order chi connectivity index (χ1) is 18.7. The SMILES string of the molecule is CC(C)=CCc1c2c(c(O)c3c1OC14C(=CC5CC1C(C)(C)OC4(CC=C(C)CO)C5=O)C3=O)C=CC(C)(C)O2. The highest BCUT2D eigenvalue weighted by atomic mass is 16.6. The molecule has 7 nitrogen and oxygen atoms in total. The number of phenols is 1. The van der Waals surface area contributed by atoms with Crippen molar-refractivity contribution < 1.29 is 34.0 Å². The van der Waals surface area contributed by atoms with Gasteiger partial charge in [-0.15, -0.1) is 0 Å². The summed E-state index contributed by atoms with van der Waals surface area (Å²) >= 11 is 0. The molecule has 2 fully saturated rings. The van der Waals surface area contributed by atoms with Crippen molar-refractivity contribution in [3.63, 3.8) is 0 Å². The van der Waals surface area contributed by atoms with Crippen LogP contribution in [0.15, 0.2) is 41.0 Å². The Morgan fingerprint density at radius 3 is 2.48 bits per heavy atom. The van der Waals surface area contributed by atoms with Gasteiger partial charge in [-0.1, -0.05) is 29.4 Å². The molecule has 3 heterocycles. The number of Topliss-reactive ketones (excluding diaryl/α,β-unsaturated/α-hetero) is 2. The Labute approximate surface area is 235 Å². The number of fused-ring (bicyclic) bond motifs is 2. The maximum Gasteiger partial charge on any atom is 0.200 e. The zero-order valence-corrected chi connectivity index (χ0v) is 24.3. The number of aromatic hydroxyl groups is 1. The molecule has 1 aromatic carbocycles. The van der Waals surface area contributed by atoms with Gasteiger partial charge in [-0.3, -0.25) is 9.59 Å². The molecule has 1 spiro atoms. The van der Waals surface area contributed by atoms with Crippen molar-refractivity contribution in [3.05, 3.63) is 57.7 Å². The molecule has 6 aliphatic rings. The molecule has 0 aromatic heterocycles. The topological polar surface area (TPSA) is 102 Å². The highest BCUT2D eigenvalue weighted by Gasteiger charge is 2.81. The second-order valence-electron chi connectivity index (χ2n) is 13.2. The molecule has 2 N–H and O–H groups in total. The lowest BCUT2D eigenvalue weighted by Crippen LogP contribution is -2.72. The van der Waals surface area contributed by atoms with Crippen LogP contribution >= 0.6 is 0 Å². The van der Waals surface area contributed by atoms with Crippen molar-refractivity contribution in [1.82, 2.24) is 0 Å². The Morgan fingerprint density at radius 2 is 1.80 bits per heavy atom. The van der Waals surface area contributed by atoms with Gasteiger partial charge in [0.05, 0.1) is 17.8 Å². The monoisotopic (exact) mass is 546 g/mol. The summed E-state index contributed by atoms with van der Waals surface area (Å²) in [5, 5.41) is 21.3. The van der Waals surface area contributed by atoms with Gasteiger partial charge in [0.1, 0.15) is 28.4 Å². The molecule has 212 valence electrons. The maximum atomic E-state index is 14.5. The number of ketones is 2. The van der Waals surface area contributed by atoms with E-state index in [1.54, 1.807) is 13.0 Å². The van der Waals surface area contributed by atoms with Gasteiger partial charge in [0.25, 0.3) is 0 Å². The van der Waals surface area contributed by atoms with Crippen LogP contribution in [0.2, 0.25) is 0 Å². The van der Waals surface area contributed by atoms with E-state index in [-0.39, 0.29) is 47.6 Å². The highest BCUT2D eigenvalue weighted by Crippen LogP contribution is 2.68. The first-order valence-corrected chi connectivity index (χ1v) is 14.1. The predicted octanol–water partition coefficient (Wildman–Crippen LogP) is 5.42. The Kier molecular flexibility index (Phi) is 5.70. The molecule has 3 aliphatic heterocycles. The van der Waals surface area contributed by atoms with Gasteiger partial charge in [0.2, 0.25) is 0 Å². The van der Waals surface area contributed by atoms with Crippen LogP contribution in [0.25, 0.3) is 6.08 Å². The van der Waals surface area contributed by atoms with Crippen LogP contribution < -0.4 is 9.47 Å². The van der Waals surface area contributed by atoms with Gasteiger partial charge in [0, 0.05) is 29.4 Å². The average molecular weight is 547 g/mol. The van der Waals surface area contributed by atoms with Gasteiger partial charge < -0.3 is 24.4 Å². The van der Waals surface area contributed by atoms with E-state index in [0.717, 1.165) is 5.57 Å². The Balaban J connectivity index is 1.66. The normalized spacial score (nSPS) is 32.0. The Bertz CT molecular complexity index is 1480. The minimum absolute atomic E-state index is 0.107. The summed E-state index contributed by atoms with van der Waals surface area (Å²) < 4.78 is 20.2. The molecule has 1 aromatic rings. The number of ether oxygens (including phenoxy) is 3. The van der Waals surface area contributed by atoms with E-state index in [4.69, 9.17) is 14.2 Å². The number of allylic oxidation sites excluding steroid dienone is 3. The average Bonchev–Trinajstić information content (AvgIpc) is 3.03. The molecule has 0 amide bonds. The summed E-state index contributed by atoms with van der Waals surface area (Å²) in [5.41, 5.74) is -0.823. The maximum absolute atomic E-state index is 14.5. The van der Waals surface area contributed by atoms with E-state index >= 15 is 0 Å². The number of aliphatic hydroxyl groups is 1. The van der Waals surface area contributed by atoms with E-state index in [9.17, 15) is 19.8 Å². The third-order valence-corrected chi connectivity index (χ3v) is 9.32. The summed E-state index contributed by atoms with van der Waals surface area (Å²) in [6, 6.07) is 0. The van der Waals surface area contributed by atoms with Gasteiger partial charge >= 0.3 is 0 Å². The molecule has 0 radical (unpaired) electrons. The Morgan fingerprint density at radius 1 is 1.07 bits per heavy atom. The summed E-state index contributed by atoms with van der Waals surface area (Å²) in [6.07, 6.45) is 10.4. The van der Waals surface area contributed by atoms with Crippen LogP contribution in [0.3, 0.4) is 0 Å². The first kappa shape index (κ1) is 27.0. The lowest BCUT2D eigenvalue weighted by atomic mass is 9.51. The van der Waals surface area contributed by atoms with Crippen molar-refractivity contribution in [2.75, 3.05) is 6.61 Å². The summed E-state index contributed by atoms with van der Waals surface area (Å²) in [6.45, 7) is 13.4. The van der Waals surface area contributed by atoms with Crippen LogP contribution in [0.4, 0.5) is 0 Å². The van der Waals surface area contributed by atoms with Gasteiger partial charge in [-0.25, -0.2) is 0 Å². The molecule has 40 heavy (non-hydrogen) atoms. The zero-order chi connectivity index (χ0) is 29.0. The first-order valence-electron chi connectivity index (χ1n) is 14.1. The van der Waals surface area contributed by atoms with E-state index in [2.05, 4.69) is 0 Å². The van der Waals surface area contributed by atoms with Gasteiger partial charge in [-0.05, 0) is 73.5 Å². The van der Waals surface area contributed by atoms with Crippen LogP contribution in [0, 0.1) is 11.8 Å². The van der Waals surface area contributed by atoms with Gasteiger partial charge in [0.15, 0.2) is 22.8 Å². The number of carbonyl (C=O) groups excluding carboxylic acids is 2. The molecule has 4 atom stereocenters. The largest absolute Gasteiger partial charge is 0.506 e. The predicted molar refractivity (Wildman–Crippen MR) is 151 cm³/mol. The second kappa shape index (κ2) is 8.43. The molecule has 4 bridgehead atoms. The number of aliphatic hydroxyl groups excluding tert-OH is 1. The van der Waals surface area contributed by atoms with Crippen LogP contribution in [-0.4, -0.2) is 50.8 Å². The number of hydrogen-bond acceptors (Lipinski definition) is 7. The fraction of sp³-hybridized carbons (Fsp3) is 0.515. The van der Waals surface area contributed by atoms with Crippen LogP contribution in [0.5, 0.6) is 17.2 Å². The number of hydrogen-bond donors (Lipinski definition) is 2.